The molecule has 0 atom stereocenters. The quantitative estimate of drug-likeness (QED) is 0.151. The average Bonchev–Trinajstić information content (AvgIpc) is 3.31. The largest absolute Gasteiger partial charge is 0.492 e. The van der Waals surface area contributed by atoms with Gasteiger partial charge < -0.3 is 15.0 Å². The van der Waals surface area contributed by atoms with E-state index in [1.165, 1.54) is 6.08 Å². The first kappa shape index (κ1) is 29.9. The minimum atomic E-state index is -4.02. The molecule has 10 heteroatoms. The molecule has 0 bridgehead atoms. The van der Waals surface area contributed by atoms with Crippen molar-refractivity contribution >= 4 is 50.4 Å². The smallest absolute Gasteiger partial charge is 0.281 e. The molecular weight excluding hydrogens is 562 g/mol. The lowest BCUT2D eigenvalue weighted by molar-refractivity contribution is -0.116. The Balaban J connectivity index is 1.36. The fourth-order valence-corrected chi connectivity index (χ4v) is 5.47. The number of ether oxygens (including phenoxy) is 1. The predicted molar refractivity (Wildman–Crippen MR) is 163 cm³/mol. The maximum absolute atomic E-state index is 13.1. The highest BCUT2D eigenvalue weighted by Gasteiger charge is 2.22. The zero-order valence-corrected chi connectivity index (χ0v) is 24.4. The zero-order chi connectivity index (χ0) is 29.4. The molecule has 0 spiro atoms. The number of fused-ring (bicyclic) bond motifs is 1. The van der Waals surface area contributed by atoms with Crippen LogP contribution in [0, 0.1) is 13.8 Å². The number of carbonyl (C=O) groups excluding carboxylic acids is 2. The van der Waals surface area contributed by atoms with E-state index in [-0.39, 0.29) is 12.2 Å². The van der Waals surface area contributed by atoms with Crippen molar-refractivity contribution in [3.05, 3.63) is 106 Å². The maximum atomic E-state index is 13.1. The van der Waals surface area contributed by atoms with E-state index >= 15 is 0 Å². The number of rotatable bonds is 12. The van der Waals surface area contributed by atoms with Gasteiger partial charge >= 0.3 is 0 Å². The van der Waals surface area contributed by atoms with Crippen LogP contribution >= 0.6 is 11.6 Å². The van der Waals surface area contributed by atoms with E-state index in [0.717, 1.165) is 27.6 Å². The van der Waals surface area contributed by atoms with E-state index in [1.807, 2.05) is 80.6 Å². The van der Waals surface area contributed by atoms with Gasteiger partial charge in [0.1, 0.15) is 11.4 Å². The molecule has 0 aliphatic rings. The normalized spacial score (nSPS) is 11.6. The second-order valence-corrected chi connectivity index (χ2v) is 11.9. The van der Waals surface area contributed by atoms with Crippen molar-refractivity contribution in [3.63, 3.8) is 0 Å². The van der Waals surface area contributed by atoms with Gasteiger partial charge in [0.25, 0.3) is 5.91 Å². The van der Waals surface area contributed by atoms with Gasteiger partial charge in [-0.1, -0.05) is 66.2 Å². The number of hydrogen-bond acceptors (Lipinski definition) is 5. The molecule has 0 saturated carbocycles. The molecule has 1 heterocycles. The molecule has 3 N–H and O–H groups in total. The number of aryl methyl sites for hydroxylation is 3. The molecule has 0 unspecified atom stereocenters. The minimum absolute atomic E-state index is 0.154. The standard InChI is InChI=1S/C31H32ClN3O5S/c1-21-19-22(2)29(32)27(20-21)40-17-8-12-25-24-11-6-7-13-26(24)34-30(25)31(37)35-41(38,39)18-16-33-28(36)15-14-23-9-4-3-5-10-23/h3-7,9-11,13-15,19-20,34H,8,12,16-18H2,1-2H3,(H,33,36)(H,35,37)/b15-14+. The molecule has 0 aliphatic carbocycles. The lowest BCUT2D eigenvalue weighted by Gasteiger charge is -2.11. The van der Waals surface area contributed by atoms with Gasteiger partial charge in [0.2, 0.25) is 15.9 Å². The monoisotopic (exact) mass is 593 g/mol. The van der Waals surface area contributed by atoms with Gasteiger partial charge in [-0.15, -0.1) is 0 Å². The molecule has 0 radical (unpaired) electrons. The van der Waals surface area contributed by atoms with Crippen LogP contribution in [0.5, 0.6) is 5.75 Å². The zero-order valence-electron chi connectivity index (χ0n) is 22.9. The van der Waals surface area contributed by atoms with E-state index in [9.17, 15) is 18.0 Å². The Bertz CT molecular complexity index is 1680. The van der Waals surface area contributed by atoms with Gasteiger partial charge in [0.15, 0.2) is 0 Å². The molecule has 0 fully saturated rings. The first-order valence-electron chi connectivity index (χ1n) is 13.2. The Morgan fingerprint density at radius 2 is 1.76 bits per heavy atom. The van der Waals surface area contributed by atoms with E-state index in [2.05, 4.69) is 15.0 Å². The van der Waals surface area contributed by atoms with Crippen LogP contribution in [0.1, 0.15) is 39.2 Å². The number of aromatic amines is 1. The molecule has 2 amide bonds. The average molecular weight is 594 g/mol. The Morgan fingerprint density at radius 3 is 2.54 bits per heavy atom. The summed E-state index contributed by atoms with van der Waals surface area (Å²) in [6, 6.07) is 20.5. The van der Waals surface area contributed by atoms with Crippen molar-refractivity contribution in [2.45, 2.75) is 26.7 Å². The lowest BCUT2D eigenvalue weighted by Crippen LogP contribution is -2.37. The highest BCUT2D eigenvalue weighted by Crippen LogP contribution is 2.30. The molecule has 0 saturated heterocycles. The number of H-pyrrole nitrogens is 1. The second-order valence-electron chi connectivity index (χ2n) is 9.66. The highest BCUT2D eigenvalue weighted by molar-refractivity contribution is 7.90. The summed E-state index contributed by atoms with van der Waals surface area (Å²) in [4.78, 5) is 28.2. The van der Waals surface area contributed by atoms with Gasteiger partial charge in [-0.3, -0.25) is 9.59 Å². The van der Waals surface area contributed by atoms with E-state index < -0.39 is 27.6 Å². The van der Waals surface area contributed by atoms with Gasteiger partial charge in [0.05, 0.1) is 17.4 Å². The lowest BCUT2D eigenvalue weighted by atomic mass is 10.1. The third kappa shape index (κ3) is 8.22. The van der Waals surface area contributed by atoms with Gasteiger partial charge in [-0.05, 0) is 67.2 Å². The fraction of sp³-hybridized carbons (Fsp3) is 0.226. The van der Waals surface area contributed by atoms with E-state index in [4.69, 9.17) is 16.3 Å². The molecule has 214 valence electrons. The Labute approximate surface area is 244 Å². The van der Waals surface area contributed by atoms with Crippen molar-refractivity contribution < 1.29 is 22.7 Å². The Morgan fingerprint density at radius 1 is 1.02 bits per heavy atom. The summed E-state index contributed by atoms with van der Waals surface area (Å²) in [5.41, 5.74) is 4.42. The molecule has 1 aromatic heterocycles. The van der Waals surface area contributed by atoms with Crippen LogP contribution in [0.15, 0.2) is 72.8 Å². The SMILES string of the molecule is Cc1cc(C)c(Cl)c(OCCCc2c(C(=O)NS(=O)(=O)CCNC(=O)/C=C/c3ccccc3)[nH]c3ccccc23)c1. The predicted octanol–water partition coefficient (Wildman–Crippen LogP) is 5.34. The van der Waals surface area contributed by atoms with Crippen molar-refractivity contribution in [3.8, 4) is 5.75 Å². The number of halogens is 1. The first-order valence-corrected chi connectivity index (χ1v) is 15.2. The summed E-state index contributed by atoms with van der Waals surface area (Å²) >= 11 is 6.38. The van der Waals surface area contributed by atoms with Gasteiger partial charge in [-0.25, -0.2) is 13.1 Å². The number of hydrogen-bond donors (Lipinski definition) is 3. The van der Waals surface area contributed by atoms with Gasteiger partial charge in [-0.2, -0.15) is 0 Å². The van der Waals surface area contributed by atoms with Crippen LogP contribution in [-0.2, 0) is 21.2 Å². The first-order chi connectivity index (χ1) is 19.6. The van der Waals surface area contributed by atoms with Gasteiger partial charge in [0, 0.05) is 23.5 Å². The summed E-state index contributed by atoms with van der Waals surface area (Å²) in [7, 11) is -4.02. The van der Waals surface area contributed by atoms with Crippen LogP contribution in [0.25, 0.3) is 17.0 Å². The van der Waals surface area contributed by atoms with Crippen molar-refractivity contribution in [1.29, 1.82) is 0 Å². The summed E-state index contributed by atoms with van der Waals surface area (Å²) in [6.45, 7) is 4.10. The topological polar surface area (TPSA) is 117 Å². The molecule has 8 nitrogen and oxygen atoms in total. The second kappa shape index (κ2) is 13.5. The maximum Gasteiger partial charge on any atom is 0.281 e. The number of amides is 2. The third-order valence-corrected chi connectivity index (χ3v) is 8.10. The summed E-state index contributed by atoms with van der Waals surface area (Å²) < 4.78 is 33.4. The highest BCUT2D eigenvalue weighted by atomic mass is 35.5. The number of sulfonamides is 1. The molecule has 3 aromatic carbocycles. The molecule has 4 rings (SSSR count). The number of nitrogens with one attached hydrogen (secondary N) is 3. The Hall–Kier alpha value is -4.08. The molecule has 41 heavy (non-hydrogen) atoms. The minimum Gasteiger partial charge on any atom is -0.492 e. The van der Waals surface area contributed by atoms with Crippen molar-refractivity contribution in [2.75, 3.05) is 18.9 Å². The molecule has 4 aromatic rings. The third-order valence-electron chi connectivity index (χ3n) is 6.38. The van der Waals surface area contributed by atoms with Crippen LogP contribution in [-0.4, -0.2) is 44.1 Å². The van der Waals surface area contributed by atoms with E-state index in [0.29, 0.717) is 35.8 Å². The van der Waals surface area contributed by atoms with E-state index in [1.54, 1.807) is 6.08 Å². The van der Waals surface area contributed by atoms with Crippen molar-refractivity contribution in [1.82, 2.24) is 15.0 Å². The van der Waals surface area contributed by atoms with Crippen molar-refractivity contribution in [2.24, 2.45) is 0 Å². The number of carbonyl (C=O) groups is 2. The van der Waals surface area contributed by atoms with Crippen LogP contribution in [0.3, 0.4) is 0 Å². The summed E-state index contributed by atoms with van der Waals surface area (Å²) in [5, 5.41) is 3.92. The number of aromatic nitrogens is 1. The molecule has 0 aliphatic heterocycles. The Kier molecular flexibility index (Phi) is 9.86. The fourth-order valence-electron chi connectivity index (χ4n) is 4.45. The van der Waals surface area contributed by atoms with Crippen LogP contribution in [0.2, 0.25) is 5.02 Å². The summed E-state index contributed by atoms with van der Waals surface area (Å²) in [5.74, 6) is -1.04. The summed E-state index contributed by atoms with van der Waals surface area (Å²) in [6.07, 6.45) is 4.00. The molecular formula is C31H32ClN3O5S. The van der Waals surface area contributed by atoms with Crippen LogP contribution in [0.4, 0.5) is 0 Å². The van der Waals surface area contributed by atoms with Crippen LogP contribution < -0.4 is 14.8 Å². The number of para-hydroxylation sites is 1. The number of benzene rings is 3.